The standard InChI is InChI=1S/C26H26N6O4/c1-26-14-13-23(34)32(26)21-11-6-5-10-18(21)25(36)31(26)15-7-12-22(33)29-30-24(35)20-16-19(27-28-20)17-8-3-2-4-9-17/h2-6,8-11,16H,7,12-15H2,1H3,(H,27,28)(H,29,33)(H,30,35). The number of rotatable bonds is 6. The molecule has 3 heterocycles. The summed E-state index contributed by atoms with van der Waals surface area (Å²) in [6.07, 6.45) is 1.35. The molecule has 10 nitrogen and oxygen atoms in total. The van der Waals surface area contributed by atoms with Crippen LogP contribution in [-0.2, 0) is 9.59 Å². The SMILES string of the molecule is CC12CCC(=O)N1c1ccccc1C(=O)N2CCCC(=O)NNC(=O)c1cc(-c2ccccc2)n[nH]1. The number of amides is 4. The van der Waals surface area contributed by atoms with Gasteiger partial charge in [0.2, 0.25) is 11.8 Å². The Kier molecular flexibility index (Phi) is 6.01. The van der Waals surface area contributed by atoms with E-state index in [1.807, 2.05) is 43.3 Å². The van der Waals surface area contributed by atoms with E-state index in [1.54, 1.807) is 34.1 Å². The Morgan fingerprint density at radius 1 is 1.06 bits per heavy atom. The summed E-state index contributed by atoms with van der Waals surface area (Å²) in [4.78, 5) is 54.0. The number of carbonyl (C=O) groups excluding carboxylic acids is 4. The Balaban J connectivity index is 1.16. The van der Waals surface area contributed by atoms with Crippen LogP contribution in [0.5, 0.6) is 0 Å². The summed E-state index contributed by atoms with van der Waals surface area (Å²) in [6.45, 7) is 2.19. The molecular weight excluding hydrogens is 460 g/mol. The summed E-state index contributed by atoms with van der Waals surface area (Å²) in [5.74, 6) is -1.08. The number of carbonyl (C=O) groups is 4. The first-order chi connectivity index (χ1) is 17.4. The number of fused-ring (bicyclic) bond motifs is 3. The van der Waals surface area contributed by atoms with Crippen molar-refractivity contribution < 1.29 is 19.2 Å². The number of aromatic nitrogens is 2. The van der Waals surface area contributed by atoms with Crippen molar-refractivity contribution in [3.63, 3.8) is 0 Å². The number of anilines is 1. The molecule has 1 aromatic heterocycles. The first kappa shape index (κ1) is 23.3. The second-order valence-electron chi connectivity index (χ2n) is 9.06. The highest BCUT2D eigenvalue weighted by molar-refractivity contribution is 6.10. The van der Waals surface area contributed by atoms with E-state index in [0.717, 1.165) is 5.56 Å². The third-order valence-corrected chi connectivity index (χ3v) is 6.74. The minimum Gasteiger partial charge on any atom is -0.315 e. The van der Waals surface area contributed by atoms with Crippen molar-refractivity contribution in [3.05, 3.63) is 71.9 Å². The largest absolute Gasteiger partial charge is 0.315 e. The van der Waals surface area contributed by atoms with Gasteiger partial charge in [0.05, 0.1) is 16.9 Å². The zero-order valence-corrected chi connectivity index (χ0v) is 19.8. The van der Waals surface area contributed by atoms with E-state index in [-0.39, 0.29) is 29.8 Å². The Morgan fingerprint density at radius 3 is 2.61 bits per heavy atom. The normalized spacial score (nSPS) is 18.6. The van der Waals surface area contributed by atoms with E-state index in [4.69, 9.17) is 0 Å². The lowest BCUT2D eigenvalue weighted by atomic mass is 9.98. The van der Waals surface area contributed by atoms with Crippen LogP contribution in [0.15, 0.2) is 60.7 Å². The average Bonchev–Trinajstić information content (AvgIpc) is 3.50. The van der Waals surface area contributed by atoms with E-state index in [1.165, 1.54) is 0 Å². The molecule has 1 fully saturated rings. The van der Waals surface area contributed by atoms with Crippen LogP contribution in [0.25, 0.3) is 11.3 Å². The van der Waals surface area contributed by atoms with Crippen molar-refractivity contribution in [1.29, 1.82) is 0 Å². The molecule has 5 rings (SSSR count). The van der Waals surface area contributed by atoms with Gasteiger partial charge in [-0.15, -0.1) is 0 Å². The summed E-state index contributed by atoms with van der Waals surface area (Å²) in [5.41, 5.74) is 6.84. The van der Waals surface area contributed by atoms with Crippen LogP contribution in [0.1, 0.15) is 53.5 Å². The number of nitrogens with zero attached hydrogens (tertiary/aromatic N) is 3. The lowest BCUT2D eigenvalue weighted by Crippen LogP contribution is -2.62. The topological polar surface area (TPSA) is 128 Å². The van der Waals surface area contributed by atoms with Crippen LogP contribution in [0.2, 0.25) is 0 Å². The highest BCUT2D eigenvalue weighted by Gasteiger charge is 2.52. The molecule has 2 aliphatic heterocycles. The molecule has 184 valence electrons. The van der Waals surface area contributed by atoms with Crippen LogP contribution in [0.4, 0.5) is 5.69 Å². The maximum absolute atomic E-state index is 13.2. The van der Waals surface area contributed by atoms with Crippen molar-refractivity contribution in [2.45, 2.75) is 38.3 Å². The van der Waals surface area contributed by atoms with Crippen molar-refractivity contribution in [2.24, 2.45) is 0 Å². The minimum absolute atomic E-state index is 0.0165. The van der Waals surface area contributed by atoms with Gasteiger partial charge in [-0.25, -0.2) is 0 Å². The monoisotopic (exact) mass is 486 g/mol. The Bertz CT molecular complexity index is 1340. The predicted octanol–water partition coefficient (Wildman–Crippen LogP) is 2.62. The van der Waals surface area contributed by atoms with E-state index >= 15 is 0 Å². The first-order valence-electron chi connectivity index (χ1n) is 11.8. The average molecular weight is 487 g/mol. The van der Waals surface area contributed by atoms with Crippen molar-refractivity contribution >= 4 is 29.3 Å². The van der Waals surface area contributed by atoms with E-state index in [2.05, 4.69) is 21.0 Å². The fourth-order valence-electron chi connectivity index (χ4n) is 4.89. The molecule has 1 saturated heterocycles. The maximum Gasteiger partial charge on any atom is 0.287 e. The van der Waals surface area contributed by atoms with Crippen LogP contribution in [0.3, 0.4) is 0 Å². The van der Waals surface area contributed by atoms with Gasteiger partial charge >= 0.3 is 0 Å². The number of hydrogen-bond donors (Lipinski definition) is 3. The van der Waals surface area contributed by atoms with Crippen molar-refractivity contribution in [2.75, 3.05) is 11.4 Å². The van der Waals surface area contributed by atoms with Gasteiger partial charge in [-0.2, -0.15) is 5.10 Å². The van der Waals surface area contributed by atoms with Crippen LogP contribution in [-0.4, -0.2) is 50.9 Å². The van der Waals surface area contributed by atoms with Gasteiger partial charge in [0, 0.05) is 24.9 Å². The maximum atomic E-state index is 13.2. The highest BCUT2D eigenvalue weighted by atomic mass is 16.2. The second kappa shape index (κ2) is 9.29. The zero-order chi connectivity index (χ0) is 25.3. The van der Waals surface area contributed by atoms with Crippen LogP contribution in [0, 0.1) is 0 Å². The molecule has 4 amide bonds. The number of hydrazine groups is 1. The van der Waals surface area contributed by atoms with Gasteiger partial charge in [-0.05, 0) is 38.0 Å². The zero-order valence-electron chi connectivity index (χ0n) is 19.8. The van der Waals surface area contributed by atoms with Crippen molar-refractivity contribution in [3.8, 4) is 11.3 Å². The van der Waals surface area contributed by atoms with E-state index < -0.39 is 11.6 Å². The number of benzene rings is 2. The molecule has 1 atom stereocenters. The van der Waals surface area contributed by atoms with Gasteiger partial charge in [0.25, 0.3) is 11.8 Å². The molecule has 36 heavy (non-hydrogen) atoms. The Hall–Kier alpha value is -4.47. The minimum atomic E-state index is -0.760. The predicted molar refractivity (Wildman–Crippen MR) is 131 cm³/mol. The van der Waals surface area contributed by atoms with E-state index in [9.17, 15) is 19.2 Å². The molecule has 0 radical (unpaired) electrons. The molecule has 2 aliphatic rings. The van der Waals surface area contributed by atoms with Gasteiger partial charge in [0.15, 0.2) is 0 Å². The van der Waals surface area contributed by atoms with Gasteiger partial charge in [-0.3, -0.25) is 40.0 Å². The summed E-state index contributed by atoms with van der Waals surface area (Å²) in [5, 5.41) is 6.80. The lowest BCUT2D eigenvalue weighted by Gasteiger charge is -2.48. The van der Waals surface area contributed by atoms with Crippen LogP contribution >= 0.6 is 0 Å². The Morgan fingerprint density at radius 2 is 1.81 bits per heavy atom. The van der Waals surface area contributed by atoms with Crippen molar-refractivity contribution in [1.82, 2.24) is 25.9 Å². The fraction of sp³-hybridized carbons (Fsp3) is 0.269. The smallest absolute Gasteiger partial charge is 0.287 e. The summed E-state index contributed by atoms with van der Waals surface area (Å²) in [6, 6.07) is 18.1. The van der Waals surface area contributed by atoms with Gasteiger partial charge in [-0.1, -0.05) is 42.5 Å². The quantitative estimate of drug-likeness (QED) is 0.462. The highest BCUT2D eigenvalue weighted by Crippen LogP contribution is 2.44. The van der Waals surface area contributed by atoms with Crippen LogP contribution < -0.4 is 15.8 Å². The molecule has 10 heteroatoms. The molecule has 3 aromatic rings. The lowest BCUT2D eigenvalue weighted by molar-refractivity contribution is -0.122. The molecule has 3 N–H and O–H groups in total. The molecule has 0 bridgehead atoms. The van der Waals surface area contributed by atoms with Gasteiger partial charge in [0.1, 0.15) is 11.4 Å². The third kappa shape index (κ3) is 4.10. The number of hydrogen-bond acceptors (Lipinski definition) is 5. The molecular formula is C26H26N6O4. The molecule has 2 aromatic carbocycles. The summed E-state index contributed by atoms with van der Waals surface area (Å²) >= 11 is 0. The number of H-pyrrole nitrogens is 1. The molecule has 0 spiro atoms. The second-order valence-corrected chi connectivity index (χ2v) is 9.06. The third-order valence-electron chi connectivity index (χ3n) is 6.74. The van der Waals surface area contributed by atoms with E-state index in [0.29, 0.717) is 42.8 Å². The summed E-state index contributed by atoms with van der Waals surface area (Å²) in [7, 11) is 0. The summed E-state index contributed by atoms with van der Waals surface area (Å²) < 4.78 is 0. The fourth-order valence-corrected chi connectivity index (χ4v) is 4.89. The molecule has 1 unspecified atom stereocenters. The number of nitrogens with one attached hydrogen (secondary N) is 3. The first-order valence-corrected chi connectivity index (χ1v) is 11.8. The number of aromatic amines is 1. The van der Waals surface area contributed by atoms with Gasteiger partial charge < -0.3 is 4.90 Å². The molecule has 0 saturated carbocycles. The Labute approximate surface area is 207 Å². The number of para-hydroxylation sites is 1. The molecule has 0 aliphatic carbocycles.